The second kappa shape index (κ2) is 8.07. The first-order valence-electron chi connectivity index (χ1n) is 8.24. The van der Waals surface area contributed by atoms with Crippen LogP contribution in [0.2, 0.25) is 0 Å². The molecule has 1 amide bonds. The predicted octanol–water partition coefficient (Wildman–Crippen LogP) is 3.48. The molecule has 0 bridgehead atoms. The highest BCUT2D eigenvalue weighted by Crippen LogP contribution is 2.20. The van der Waals surface area contributed by atoms with Crippen molar-refractivity contribution < 1.29 is 14.6 Å². The quantitative estimate of drug-likeness (QED) is 0.596. The highest BCUT2D eigenvalue weighted by Gasteiger charge is 2.09. The van der Waals surface area contributed by atoms with Gasteiger partial charge >= 0.3 is 0 Å². The third-order valence-electron chi connectivity index (χ3n) is 3.94. The number of phenolic OH excluding ortho intramolecular Hbond substituents is 1. The molecule has 0 atom stereocenters. The number of benzene rings is 3. The molecule has 132 valence electrons. The summed E-state index contributed by atoms with van der Waals surface area (Å²) in [6.07, 6.45) is 0. The van der Waals surface area contributed by atoms with Gasteiger partial charge in [-0.3, -0.25) is 4.79 Å². The number of hydrogen-bond donors (Lipinski definition) is 3. The van der Waals surface area contributed by atoms with Crippen LogP contribution >= 0.6 is 0 Å². The molecule has 0 spiro atoms. The molecule has 5 nitrogen and oxygen atoms in total. The first kappa shape index (κ1) is 17.4. The Morgan fingerprint density at radius 3 is 2.42 bits per heavy atom. The van der Waals surface area contributed by atoms with Crippen molar-refractivity contribution in [2.24, 2.45) is 0 Å². The number of anilines is 1. The first-order chi connectivity index (χ1) is 12.6. The average molecular weight is 348 g/mol. The number of ether oxygens (including phenoxy) is 1. The van der Waals surface area contributed by atoms with Gasteiger partial charge in [-0.25, -0.2) is 0 Å². The van der Waals surface area contributed by atoms with Crippen LogP contribution in [0.25, 0.3) is 0 Å². The molecule has 0 fully saturated rings. The van der Waals surface area contributed by atoms with E-state index >= 15 is 0 Å². The van der Waals surface area contributed by atoms with Gasteiger partial charge in [-0.05, 0) is 42.0 Å². The Bertz CT molecular complexity index is 878. The number of amides is 1. The van der Waals surface area contributed by atoms with E-state index in [2.05, 4.69) is 5.32 Å². The van der Waals surface area contributed by atoms with E-state index in [4.69, 9.17) is 10.5 Å². The van der Waals surface area contributed by atoms with E-state index in [1.165, 1.54) is 0 Å². The van der Waals surface area contributed by atoms with E-state index in [1.807, 2.05) is 30.3 Å². The molecule has 0 saturated carbocycles. The first-order valence-corrected chi connectivity index (χ1v) is 8.24. The third kappa shape index (κ3) is 4.54. The summed E-state index contributed by atoms with van der Waals surface area (Å²) in [5.41, 5.74) is 8.88. The number of carbonyl (C=O) groups excluding carboxylic acids is 1. The zero-order chi connectivity index (χ0) is 18.4. The minimum atomic E-state index is -0.174. The Balaban J connectivity index is 1.59. The Kier molecular flexibility index (Phi) is 5.39. The van der Waals surface area contributed by atoms with Crippen LogP contribution in [0.4, 0.5) is 5.69 Å². The number of nitrogens with two attached hydrogens (primary N) is 1. The molecule has 26 heavy (non-hydrogen) atoms. The van der Waals surface area contributed by atoms with Crippen LogP contribution in [-0.2, 0) is 13.2 Å². The van der Waals surface area contributed by atoms with Gasteiger partial charge in [0, 0.05) is 23.4 Å². The number of phenols is 1. The van der Waals surface area contributed by atoms with Crippen molar-refractivity contribution in [2.75, 3.05) is 5.73 Å². The van der Waals surface area contributed by atoms with Crippen LogP contribution in [-0.4, -0.2) is 11.0 Å². The topological polar surface area (TPSA) is 84.6 Å². The molecule has 0 radical (unpaired) electrons. The van der Waals surface area contributed by atoms with Crippen LogP contribution in [0.1, 0.15) is 21.5 Å². The molecular weight excluding hydrogens is 328 g/mol. The van der Waals surface area contributed by atoms with Crippen molar-refractivity contribution in [3.63, 3.8) is 0 Å². The molecular formula is C21H20N2O3. The maximum atomic E-state index is 12.3. The van der Waals surface area contributed by atoms with Crippen molar-refractivity contribution in [3.05, 3.63) is 89.5 Å². The normalized spacial score (nSPS) is 10.3. The van der Waals surface area contributed by atoms with Gasteiger partial charge in [0.25, 0.3) is 5.91 Å². The van der Waals surface area contributed by atoms with Gasteiger partial charge in [0.1, 0.15) is 18.1 Å². The molecule has 0 unspecified atom stereocenters. The molecule has 3 aromatic rings. The van der Waals surface area contributed by atoms with Gasteiger partial charge in [-0.15, -0.1) is 0 Å². The Hall–Kier alpha value is -3.47. The molecule has 3 aromatic carbocycles. The molecule has 5 heteroatoms. The maximum Gasteiger partial charge on any atom is 0.251 e. The van der Waals surface area contributed by atoms with E-state index < -0.39 is 0 Å². The zero-order valence-electron chi connectivity index (χ0n) is 14.2. The number of rotatable bonds is 6. The van der Waals surface area contributed by atoms with Crippen LogP contribution in [0.5, 0.6) is 11.5 Å². The summed E-state index contributed by atoms with van der Waals surface area (Å²) in [6, 6.07) is 21.3. The molecule has 0 aliphatic heterocycles. The summed E-state index contributed by atoms with van der Waals surface area (Å²) >= 11 is 0. The Morgan fingerprint density at radius 1 is 1.00 bits per heavy atom. The second-order valence-electron chi connectivity index (χ2n) is 5.86. The van der Waals surface area contributed by atoms with E-state index in [9.17, 15) is 9.90 Å². The van der Waals surface area contributed by atoms with E-state index in [0.717, 1.165) is 11.1 Å². The van der Waals surface area contributed by atoms with Gasteiger partial charge < -0.3 is 20.9 Å². The molecule has 0 aromatic heterocycles. The number of carbonyl (C=O) groups is 1. The van der Waals surface area contributed by atoms with Gasteiger partial charge in [0.2, 0.25) is 0 Å². The van der Waals surface area contributed by atoms with Gasteiger partial charge in [-0.1, -0.05) is 36.4 Å². The summed E-state index contributed by atoms with van der Waals surface area (Å²) in [6.45, 7) is 0.744. The number of nitrogen functional groups attached to an aromatic ring is 1. The summed E-state index contributed by atoms with van der Waals surface area (Å²) in [7, 11) is 0. The Labute approximate surface area is 152 Å². The largest absolute Gasteiger partial charge is 0.508 e. The summed E-state index contributed by atoms with van der Waals surface area (Å²) in [4.78, 5) is 12.3. The highest BCUT2D eigenvalue weighted by atomic mass is 16.5. The standard InChI is InChI=1S/C21H20N2O3/c22-20-12-16(21(25)23-13-15-4-2-1-3-5-15)6-7-17(20)14-26-19-10-8-18(24)9-11-19/h1-12,24H,13-14,22H2,(H,23,25). The second-order valence-corrected chi connectivity index (χ2v) is 5.86. The number of hydrogen-bond acceptors (Lipinski definition) is 4. The highest BCUT2D eigenvalue weighted by molar-refractivity contribution is 5.95. The monoisotopic (exact) mass is 348 g/mol. The molecule has 3 rings (SSSR count). The number of nitrogens with one attached hydrogen (secondary N) is 1. The fraction of sp³-hybridized carbons (Fsp3) is 0.0952. The van der Waals surface area contributed by atoms with E-state index in [-0.39, 0.29) is 18.3 Å². The van der Waals surface area contributed by atoms with Crippen molar-refractivity contribution in [2.45, 2.75) is 13.2 Å². The smallest absolute Gasteiger partial charge is 0.251 e. The van der Waals surface area contributed by atoms with Crippen LogP contribution in [0, 0.1) is 0 Å². The Morgan fingerprint density at radius 2 is 1.73 bits per heavy atom. The lowest BCUT2D eigenvalue weighted by molar-refractivity contribution is 0.0951. The summed E-state index contributed by atoms with van der Waals surface area (Å²) in [5, 5.41) is 12.1. The molecule has 0 heterocycles. The van der Waals surface area contributed by atoms with E-state index in [1.54, 1.807) is 42.5 Å². The van der Waals surface area contributed by atoms with Crippen LogP contribution in [0.15, 0.2) is 72.8 Å². The lowest BCUT2D eigenvalue weighted by Gasteiger charge is -2.11. The lowest BCUT2D eigenvalue weighted by Crippen LogP contribution is -2.23. The molecule has 0 saturated heterocycles. The fourth-order valence-electron chi connectivity index (χ4n) is 2.45. The van der Waals surface area contributed by atoms with Crippen molar-refractivity contribution in [1.82, 2.24) is 5.32 Å². The van der Waals surface area contributed by atoms with Crippen LogP contribution < -0.4 is 15.8 Å². The minimum absolute atomic E-state index is 0.174. The molecule has 0 aliphatic rings. The average Bonchev–Trinajstić information content (AvgIpc) is 2.67. The SMILES string of the molecule is Nc1cc(C(=O)NCc2ccccc2)ccc1COc1ccc(O)cc1. The van der Waals surface area contributed by atoms with Gasteiger partial charge in [-0.2, -0.15) is 0 Å². The lowest BCUT2D eigenvalue weighted by atomic mass is 10.1. The predicted molar refractivity (Wildman–Crippen MR) is 101 cm³/mol. The summed E-state index contributed by atoms with van der Waals surface area (Å²) in [5.74, 6) is 0.640. The third-order valence-corrected chi connectivity index (χ3v) is 3.94. The summed E-state index contributed by atoms with van der Waals surface area (Å²) < 4.78 is 5.64. The maximum absolute atomic E-state index is 12.3. The van der Waals surface area contributed by atoms with Crippen LogP contribution in [0.3, 0.4) is 0 Å². The minimum Gasteiger partial charge on any atom is -0.508 e. The van der Waals surface area contributed by atoms with Crippen molar-refractivity contribution in [1.29, 1.82) is 0 Å². The molecule has 4 N–H and O–H groups in total. The van der Waals surface area contributed by atoms with Crippen molar-refractivity contribution in [3.8, 4) is 11.5 Å². The number of aromatic hydroxyl groups is 1. The van der Waals surface area contributed by atoms with Crippen molar-refractivity contribution >= 4 is 11.6 Å². The van der Waals surface area contributed by atoms with Gasteiger partial charge in [0.05, 0.1) is 0 Å². The zero-order valence-corrected chi connectivity index (χ0v) is 14.2. The van der Waals surface area contributed by atoms with Gasteiger partial charge in [0.15, 0.2) is 0 Å². The van der Waals surface area contributed by atoms with E-state index in [0.29, 0.717) is 23.5 Å². The fourth-order valence-corrected chi connectivity index (χ4v) is 2.45. The molecule has 0 aliphatic carbocycles.